The topological polar surface area (TPSA) is 62.0 Å². The number of carbonyl (C=O) groups excluding carboxylic acids is 1. The Morgan fingerprint density at radius 3 is 2.68 bits per heavy atom. The van der Waals surface area contributed by atoms with Gasteiger partial charge in [-0.2, -0.15) is 0 Å². The first kappa shape index (κ1) is 14.6. The molecule has 1 heterocycles. The molecule has 2 aromatic rings. The zero-order valence-corrected chi connectivity index (χ0v) is 12.9. The van der Waals surface area contributed by atoms with Gasteiger partial charge in [0.15, 0.2) is 0 Å². The molecule has 22 heavy (non-hydrogen) atoms. The van der Waals surface area contributed by atoms with Crippen LogP contribution in [0.1, 0.15) is 39.2 Å². The summed E-state index contributed by atoms with van der Waals surface area (Å²) in [5.41, 5.74) is 4.04. The first-order valence-electron chi connectivity index (χ1n) is 7.63. The number of hydrogen-bond donors (Lipinski definition) is 2. The number of H-pyrrole nitrogens is 1. The van der Waals surface area contributed by atoms with E-state index in [4.69, 9.17) is 0 Å². The Labute approximate surface area is 129 Å². The lowest BCUT2D eigenvalue weighted by atomic mass is 9.88. The van der Waals surface area contributed by atoms with Crippen LogP contribution < -0.4 is 10.9 Å². The van der Waals surface area contributed by atoms with Crippen molar-refractivity contribution in [2.24, 2.45) is 0 Å². The van der Waals surface area contributed by atoms with E-state index in [2.05, 4.69) is 22.4 Å². The molecule has 1 aliphatic rings. The minimum atomic E-state index is -0.314. The molecule has 0 fully saturated rings. The molecule has 4 nitrogen and oxygen atoms in total. The molecular weight excluding hydrogens is 276 g/mol. The Hall–Kier alpha value is -2.36. The van der Waals surface area contributed by atoms with Crippen molar-refractivity contribution in [2.75, 3.05) is 0 Å². The Balaban J connectivity index is 1.78. The summed E-state index contributed by atoms with van der Waals surface area (Å²) in [5, 5.41) is 3.02. The highest BCUT2D eigenvalue weighted by Crippen LogP contribution is 2.21. The van der Waals surface area contributed by atoms with Crippen molar-refractivity contribution in [1.29, 1.82) is 0 Å². The van der Waals surface area contributed by atoms with E-state index >= 15 is 0 Å². The van der Waals surface area contributed by atoms with Gasteiger partial charge in [-0.1, -0.05) is 24.3 Å². The number of aromatic amines is 1. The number of hydrogen-bond acceptors (Lipinski definition) is 2. The molecule has 0 spiro atoms. The van der Waals surface area contributed by atoms with Crippen molar-refractivity contribution in [3.8, 4) is 0 Å². The molecule has 2 N–H and O–H groups in total. The number of rotatable bonds is 2. The summed E-state index contributed by atoms with van der Waals surface area (Å²) in [6.07, 6.45) is 2.70. The quantitative estimate of drug-likeness (QED) is 0.893. The van der Waals surface area contributed by atoms with E-state index in [-0.39, 0.29) is 23.1 Å². The molecule has 1 aromatic carbocycles. The van der Waals surface area contributed by atoms with E-state index in [9.17, 15) is 9.59 Å². The standard InChI is InChI=1S/C18H20N2O2/c1-11-9-12(2)19-17(21)16(11)18(22)20-15-8-7-13-5-3-4-6-14(13)10-15/h3-6,9,15H,7-8,10H2,1-2H3,(H,19,21)(H,20,22)/t15-/m0/s1. The average molecular weight is 296 g/mol. The van der Waals surface area contributed by atoms with Crippen LogP contribution in [0.4, 0.5) is 0 Å². The van der Waals surface area contributed by atoms with Crippen LogP contribution >= 0.6 is 0 Å². The molecule has 0 radical (unpaired) electrons. The Kier molecular flexibility index (Phi) is 3.84. The smallest absolute Gasteiger partial charge is 0.261 e. The summed E-state index contributed by atoms with van der Waals surface area (Å²) in [5.74, 6) is -0.275. The first-order chi connectivity index (χ1) is 10.5. The molecule has 0 aliphatic heterocycles. The van der Waals surface area contributed by atoms with Gasteiger partial charge in [-0.15, -0.1) is 0 Å². The van der Waals surface area contributed by atoms with Gasteiger partial charge >= 0.3 is 0 Å². The van der Waals surface area contributed by atoms with Crippen LogP contribution in [0.2, 0.25) is 0 Å². The number of nitrogens with one attached hydrogen (secondary N) is 2. The van der Waals surface area contributed by atoms with Crippen molar-refractivity contribution in [1.82, 2.24) is 10.3 Å². The number of aromatic nitrogens is 1. The zero-order chi connectivity index (χ0) is 15.7. The van der Waals surface area contributed by atoms with Gasteiger partial charge < -0.3 is 10.3 Å². The fraction of sp³-hybridized carbons (Fsp3) is 0.333. The summed E-state index contributed by atoms with van der Waals surface area (Å²) < 4.78 is 0. The first-order valence-corrected chi connectivity index (χ1v) is 7.63. The third-order valence-electron chi connectivity index (χ3n) is 4.27. The van der Waals surface area contributed by atoms with Gasteiger partial charge in [0.1, 0.15) is 5.56 Å². The monoisotopic (exact) mass is 296 g/mol. The van der Waals surface area contributed by atoms with E-state index in [1.54, 1.807) is 6.92 Å². The summed E-state index contributed by atoms with van der Waals surface area (Å²) in [6, 6.07) is 10.2. The Bertz CT molecular complexity index is 777. The number of amides is 1. The maximum absolute atomic E-state index is 12.4. The van der Waals surface area contributed by atoms with Crippen molar-refractivity contribution in [3.63, 3.8) is 0 Å². The van der Waals surface area contributed by atoms with Gasteiger partial charge in [0.25, 0.3) is 11.5 Å². The van der Waals surface area contributed by atoms with Crippen LogP contribution in [-0.4, -0.2) is 16.9 Å². The van der Waals surface area contributed by atoms with E-state index in [0.717, 1.165) is 30.5 Å². The molecule has 3 rings (SSSR count). The molecule has 1 aromatic heterocycles. The number of aryl methyl sites for hydroxylation is 3. The Morgan fingerprint density at radius 1 is 1.23 bits per heavy atom. The average Bonchev–Trinajstić information content (AvgIpc) is 2.46. The van der Waals surface area contributed by atoms with Gasteiger partial charge in [0, 0.05) is 11.7 Å². The molecule has 0 bridgehead atoms. The SMILES string of the molecule is Cc1cc(C)c(C(=O)N[C@H]2CCc3ccccc3C2)c(=O)[nH]1. The van der Waals surface area contributed by atoms with Gasteiger partial charge in [-0.3, -0.25) is 9.59 Å². The third-order valence-corrected chi connectivity index (χ3v) is 4.27. The minimum Gasteiger partial charge on any atom is -0.349 e. The maximum atomic E-state index is 12.4. The molecule has 1 atom stereocenters. The third kappa shape index (κ3) is 2.82. The second-order valence-electron chi connectivity index (χ2n) is 6.02. The van der Waals surface area contributed by atoms with Gasteiger partial charge in [0.05, 0.1) is 0 Å². The van der Waals surface area contributed by atoms with Crippen molar-refractivity contribution in [3.05, 3.63) is 68.6 Å². The molecule has 0 saturated heterocycles. The van der Waals surface area contributed by atoms with Crippen LogP contribution in [-0.2, 0) is 12.8 Å². The molecule has 4 heteroatoms. The number of carbonyl (C=O) groups is 1. The lowest BCUT2D eigenvalue weighted by Gasteiger charge is -2.25. The molecule has 0 saturated carbocycles. The van der Waals surface area contributed by atoms with E-state index in [1.807, 2.05) is 25.1 Å². The van der Waals surface area contributed by atoms with Crippen molar-refractivity contribution >= 4 is 5.91 Å². The van der Waals surface area contributed by atoms with Gasteiger partial charge in [-0.25, -0.2) is 0 Å². The fourth-order valence-corrected chi connectivity index (χ4v) is 3.21. The highest BCUT2D eigenvalue weighted by Gasteiger charge is 2.22. The number of fused-ring (bicyclic) bond motifs is 1. The predicted molar refractivity (Wildman–Crippen MR) is 86.3 cm³/mol. The minimum absolute atomic E-state index is 0.0857. The molecule has 114 valence electrons. The Morgan fingerprint density at radius 2 is 1.95 bits per heavy atom. The van der Waals surface area contributed by atoms with Crippen LogP contribution in [0.5, 0.6) is 0 Å². The maximum Gasteiger partial charge on any atom is 0.261 e. The normalized spacial score (nSPS) is 16.9. The summed E-state index contributed by atoms with van der Waals surface area (Å²) in [6.45, 7) is 3.61. The molecular formula is C18H20N2O2. The van der Waals surface area contributed by atoms with Gasteiger partial charge in [-0.05, 0) is 55.9 Å². The highest BCUT2D eigenvalue weighted by atomic mass is 16.2. The molecule has 1 amide bonds. The predicted octanol–water partition coefficient (Wildman–Crippen LogP) is 2.28. The number of pyridine rings is 1. The van der Waals surface area contributed by atoms with Gasteiger partial charge in [0.2, 0.25) is 0 Å². The second-order valence-corrected chi connectivity index (χ2v) is 6.02. The molecule has 0 unspecified atom stereocenters. The second kappa shape index (κ2) is 5.79. The van der Waals surface area contributed by atoms with Crippen LogP contribution in [0, 0.1) is 13.8 Å². The van der Waals surface area contributed by atoms with E-state index < -0.39 is 0 Å². The van der Waals surface area contributed by atoms with Crippen molar-refractivity contribution in [2.45, 2.75) is 39.2 Å². The largest absolute Gasteiger partial charge is 0.349 e. The fourth-order valence-electron chi connectivity index (χ4n) is 3.21. The van der Waals surface area contributed by atoms with E-state index in [0.29, 0.717) is 0 Å². The lowest BCUT2D eigenvalue weighted by molar-refractivity contribution is 0.0931. The van der Waals surface area contributed by atoms with Crippen molar-refractivity contribution < 1.29 is 4.79 Å². The molecule has 1 aliphatic carbocycles. The zero-order valence-electron chi connectivity index (χ0n) is 12.9. The number of benzene rings is 1. The van der Waals surface area contributed by atoms with Crippen LogP contribution in [0.3, 0.4) is 0 Å². The highest BCUT2D eigenvalue weighted by molar-refractivity contribution is 5.95. The lowest BCUT2D eigenvalue weighted by Crippen LogP contribution is -2.41. The van der Waals surface area contributed by atoms with Crippen LogP contribution in [0.15, 0.2) is 35.1 Å². The van der Waals surface area contributed by atoms with Crippen LogP contribution in [0.25, 0.3) is 0 Å². The van der Waals surface area contributed by atoms with E-state index in [1.165, 1.54) is 11.1 Å². The summed E-state index contributed by atoms with van der Waals surface area (Å²) >= 11 is 0. The summed E-state index contributed by atoms with van der Waals surface area (Å²) in [4.78, 5) is 27.2. The summed E-state index contributed by atoms with van der Waals surface area (Å²) in [7, 11) is 0.